The molecule has 2 aliphatic heterocycles. The predicted octanol–water partition coefficient (Wildman–Crippen LogP) is 2.20. The standard InChI is InChI=1S/C18H20N2O4/c1-9(2)18(5)17(23)19-15-13-8-11(24-10(3)4)6-7-12(13)14(21)16(22)20(15)18/h6-10H,1-5H3. The second-order valence-corrected chi connectivity index (χ2v) is 6.89. The molecule has 6 nitrogen and oxygen atoms in total. The molecule has 0 aromatic heterocycles. The van der Waals surface area contributed by atoms with Crippen LogP contribution in [0.5, 0.6) is 5.75 Å². The Morgan fingerprint density at radius 2 is 1.75 bits per heavy atom. The van der Waals surface area contributed by atoms with Crippen molar-refractivity contribution in [2.75, 3.05) is 0 Å². The number of rotatable bonds is 3. The lowest BCUT2D eigenvalue weighted by Gasteiger charge is -2.38. The molecule has 24 heavy (non-hydrogen) atoms. The van der Waals surface area contributed by atoms with Crippen molar-refractivity contribution in [3.8, 4) is 5.75 Å². The number of carbonyl (C=O) groups excluding carboxylic acids is 3. The van der Waals surface area contributed by atoms with Crippen molar-refractivity contribution in [1.82, 2.24) is 4.90 Å². The Kier molecular flexibility index (Phi) is 3.59. The zero-order valence-electron chi connectivity index (χ0n) is 14.4. The topological polar surface area (TPSA) is 76.0 Å². The molecule has 0 radical (unpaired) electrons. The van der Waals surface area contributed by atoms with E-state index in [2.05, 4.69) is 4.99 Å². The van der Waals surface area contributed by atoms with Gasteiger partial charge in [0.2, 0.25) is 0 Å². The molecule has 126 valence electrons. The van der Waals surface area contributed by atoms with Gasteiger partial charge in [-0.05, 0) is 44.9 Å². The first-order chi connectivity index (χ1) is 11.2. The summed E-state index contributed by atoms with van der Waals surface area (Å²) in [7, 11) is 0. The van der Waals surface area contributed by atoms with Gasteiger partial charge in [-0.1, -0.05) is 13.8 Å². The first kappa shape index (κ1) is 16.4. The Bertz CT molecular complexity index is 794. The lowest BCUT2D eigenvalue weighted by Crippen LogP contribution is -2.59. The van der Waals surface area contributed by atoms with E-state index in [1.54, 1.807) is 25.1 Å². The number of benzene rings is 1. The highest BCUT2D eigenvalue weighted by atomic mass is 16.5. The summed E-state index contributed by atoms with van der Waals surface area (Å²) >= 11 is 0. The average Bonchev–Trinajstić information content (AvgIpc) is 2.78. The molecule has 1 aromatic rings. The first-order valence-corrected chi connectivity index (χ1v) is 8.01. The van der Waals surface area contributed by atoms with Crippen LogP contribution in [0.1, 0.15) is 50.5 Å². The highest BCUT2D eigenvalue weighted by Crippen LogP contribution is 2.38. The summed E-state index contributed by atoms with van der Waals surface area (Å²) in [6.07, 6.45) is -0.0341. The molecule has 2 amide bonds. The molecule has 1 aromatic carbocycles. The minimum Gasteiger partial charge on any atom is -0.491 e. The first-order valence-electron chi connectivity index (χ1n) is 8.01. The SMILES string of the molecule is CC(C)Oc1ccc2c(c1)C1=NC(=O)C(C)(C(C)C)N1C(=O)C2=O. The van der Waals surface area contributed by atoms with Crippen LogP contribution in [0.15, 0.2) is 23.2 Å². The molecule has 0 N–H and O–H groups in total. The molecule has 1 unspecified atom stereocenters. The summed E-state index contributed by atoms with van der Waals surface area (Å²) in [5.41, 5.74) is -0.420. The lowest BCUT2D eigenvalue weighted by atomic mass is 9.84. The number of aliphatic imine (C=N–C) groups is 1. The molecular formula is C18H20N2O4. The number of amidine groups is 1. The largest absolute Gasteiger partial charge is 0.491 e. The molecule has 0 fully saturated rings. The van der Waals surface area contributed by atoms with Crippen molar-refractivity contribution >= 4 is 23.4 Å². The monoisotopic (exact) mass is 328 g/mol. The number of fused-ring (bicyclic) bond motifs is 3. The molecule has 3 rings (SSSR count). The van der Waals surface area contributed by atoms with Crippen molar-refractivity contribution in [2.24, 2.45) is 10.9 Å². The third-order valence-electron chi connectivity index (χ3n) is 4.69. The van der Waals surface area contributed by atoms with E-state index in [0.29, 0.717) is 11.3 Å². The molecule has 1 atom stereocenters. The number of Topliss-reactive ketones (excluding diaryl/α,β-unsaturated/α-hetero) is 1. The number of ether oxygens (including phenoxy) is 1. The van der Waals surface area contributed by atoms with Crippen LogP contribution < -0.4 is 4.74 Å². The van der Waals surface area contributed by atoms with Gasteiger partial charge in [0.05, 0.1) is 6.10 Å². The summed E-state index contributed by atoms with van der Waals surface area (Å²) < 4.78 is 5.66. The van der Waals surface area contributed by atoms with Gasteiger partial charge >= 0.3 is 5.91 Å². The third kappa shape index (κ3) is 2.09. The number of carbonyl (C=O) groups is 3. The third-order valence-corrected chi connectivity index (χ3v) is 4.69. The van der Waals surface area contributed by atoms with E-state index in [4.69, 9.17) is 4.74 Å². The van der Waals surface area contributed by atoms with E-state index in [1.807, 2.05) is 27.7 Å². The lowest BCUT2D eigenvalue weighted by molar-refractivity contribution is -0.136. The van der Waals surface area contributed by atoms with Crippen LogP contribution in [0.25, 0.3) is 0 Å². The van der Waals surface area contributed by atoms with Crippen LogP contribution in [0.2, 0.25) is 0 Å². The van der Waals surface area contributed by atoms with Crippen LogP contribution in [-0.2, 0) is 9.59 Å². The maximum atomic E-state index is 12.6. The molecule has 0 aliphatic carbocycles. The van der Waals surface area contributed by atoms with E-state index in [1.165, 1.54) is 4.90 Å². The smallest absolute Gasteiger partial charge is 0.301 e. The summed E-state index contributed by atoms with van der Waals surface area (Å²) in [6.45, 7) is 9.12. The van der Waals surface area contributed by atoms with Gasteiger partial charge in [-0.15, -0.1) is 0 Å². The fourth-order valence-corrected chi connectivity index (χ4v) is 3.04. The summed E-state index contributed by atoms with van der Waals surface area (Å²) in [6, 6.07) is 4.88. The van der Waals surface area contributed by atoms with Crippen LogP contribution in [0.3, 0.4) is 0 Å². The summed E-state index contributed by atoms with van der Waals surface area (Å²) in [5.74, 6) is -1.11. The van der Waals surface area contributed by atoms with E-state index < -0.39 is 23.1 Å². The number of hydrogen-bond acceptors (Lipinski definition) is 4. The van der Waals surface area contributed by atoms with Crippen molar-refractivity contribution in [3.63, 3.8) is 0 Å². The number of ketones is 1. The van der Waals surface area contributed by atoms with Crippen LogP contribution in [-0.4, -0.2) is 40.0 Å². The Labute approximate surface area is 140 Å². The Balaban J connectivity index is 2.18. The van der Waals surface area contributed by atoms with Gasteiger partial charge in [-0.2, -0.15) is 4.99 Å². The maximum absolute atomic E-state index is 12.6. The molecule has 2 aliphatic rings. The molecule has 0 saturated heterocycles. The summed E-state index contributed by atoms with van der Waals surface area (Å²) in [5, 5.41) is 0. The number of nitrogens with zero attached hydrogens (tertiary/aromatic N) is 2. The summed E-state index contributed by atoms with van der Waals surface area (Å²) in [4.78, 5) is 43.0. The predicted molar refractivity (Wildman–Crippen MR) is 88.2 cm³/mol. The van der Waals surface area contributed by atoms with E-state index in [0.717, 1.165) is 0 Å². The zero-order chi connectivity index (χ0) is 17.8. The minimum absolute atomic E-state index is 0.0341. The number of amides is 2. The molecule has 0 saturated carbocycles. The average molecular weight is 328 g/mol. The molecular weight excluding hydrogens is 308 g/mol. The Morgan fingerprint density at radius 3 is 2.33 bits per heavy atom. The van der Waals surface area contributed by atoms with Gasteiger partial charge in [0, 0.05) is 11.1 Å². The fourth-order valence-electron chi connectivity index (χ4n) is 3.04. The molecule has 0 bridgehead atoms. The minimum atomic E-state index is -1.14. The van der Waals surface area contributed by atoms with E-state index in [9.17, 15) is 14.4 Å². The Morgan fingerprint density at radius 1 is 1.08 bits per heavy atom. The normalized spacial score (nSPS) is 22.9. The second-order valence-electron chi connectivity index (χ2n) is 6.89. The van der Waals surface area contributed by atoms with Gasteiger partial charge in [-0.3, -0.25) is 19.3 Å². The van der Waals surface area contributed by atoms with Crippen LogP contribution in [0.4, 0.5) is 0 Å². The zero-order valence-corrected chi connectivity index (χ0v) is 14.4. The fraction of sp³-hybridized carbons (Fsp3) is 0.444. The van der Waals surface area contributed by atoms with Crippen molar-refractivity contribution in [3.05, 3.63) is 29.3 Å². The van der Waals surface area contributed by atoms with Crippen LogP contribution >= 0.6 is 0 Å². The van der Waals surface area contributed by atoms with Gasteiger partial charge in [0.15, 0.2) is 0 Å². The number of hydrogen-bond donors (Lipinski definition) is 0. The Hall–Kier alpha value is -2.50. The molecule has 0 spiro atoms. The van der Waals surface area contributed by atoms with E-state index >= 15 is 0 Å². The second kappa shape index (κ2) is 5.26. The van der Waals surface area contributed by atoms with Crippen molar-refractivity contribution in [1.29, 1.82) is 0 Å². The van der Waals surface area contributed by atoms with Crippen molar-refractivity contribution in [2.45, 2.75) is 46.3 Å². The molecule has 2 heterocycles. The van der Waals surface area contributed by atoms with Gasteiger partial charge in [-0.25, -0.2) is 0 Å². The molecule has 6 heteroatoms. The quantitative estimate of drug-likeness (QED) is 0.797. The van der Waals surface area contributed by atoms with Crippen molar-refractivity contribution < 1.29 is 19.1 Å². The van der Waals surface area contributed by atoms with E-state index in [-0.39, 0.29) is 23.4 Å². The van der Waals surface area contributed by atoms with Crippen LogP contribution in [0, 0.1) is 5.92 Å². The highest BCUT2D eigenvalue weighted by Gasteiger charge is 2.55. The van der Waals surface area contributed by atoms with Gasteiger partial charge in [0.25, 0.3) is 11.7 Å². The van der Waals surface area contributed by atoms with Gasteiger partial charge in [0.1, 0.15) is 17.1 Å². The van der Waals surface area contributed by atoms with Gasteiger partial charge < -0.3 is 4.74 Å². The highest BCUT2D eigenvalue weighted by molar-refractivity contribution is 6.51. The maximum Gasteiger partial charge on any atom is 0.301 e.